The minimum Gasteiger partial charge on any atom is -0.384 e. The first-order valence-electron chi connectivity index (χ1n) is 5.82. The first-order valence-corrected chi connectivity index (χ1v) is 6.70. The Bertz CT molecular complexity index is 486. The van der Waals surface area contributed by atoms with Crippen LogP contribution in [0.4, 0.5) is 11.6 Å². The van der Waals surface area contributed by atoms with Crippen LogP contribution in [-0.2, 0) is 12.8 Å². The van der Waals surface area contributed by atoms with Crippen molar-refractivity contribution in [3.63, 3.8) is 0 Å². The molecule has 2 aromatic rings. The molecule has 4 nitrogen and oxygen atoms in total. The number of nitrogens with zero attached hydrogens (tertiary/aromatic N) is 1. The first kappa shape index (κ1) is 12.0. The summed E-state index contributed by atoms with van der Waals surface area (Å²) >= 11 is 1.79. The number of aryl methyl sites for hydroxylation is 1. The molecular formula is C12H18N4S. The van der Waals surface area contributed by atoms with E-state index < -0.39 is 0 Å². The molecule has 4 N–H and O–H groups in total. The van der Waals surface area contributed by atoms with E-state index in [-0.39, 0.29) is 0 Å². The molecule has 0 aliphatic carbocycles. The Balaban J connectivity index is 1.92. The molecule has 17 heavy (non-hydrogen) atoms. The number of nitrogens with two attached hydrogens (primary N) is 1. The molecule has 2 heterocycles. The van der Waals surface area contributed by atoms with E-state index in [9.17, 15) is 0 Å². The Morgan fingerprint density at radius 3 is 3.00 bits per heavy atom. The van der Waals surface area contributed by atoms with Crippen molar-refractivity contribution in [2.24, 2.45) is 0 Å². The molecule has 0 spiro atoms. The van der Waals surface area contributed by atoms with Crippen molar-refractivity contribution in [3.8, 4) is 0 Å². The van der Waals surface area contributed by atoms with Gasteiger partial charge in [-0.05, 0) is 36.8 Å². The largest absolute Gasteiger partial charge is 0.384 e. The van der Waals surface area contributed by atoms with Gasteiger partial charge in [0.2, 0.25) is 0 Å². The second kappa shape index (κ2) is 5.23. The van der Waals surface area contributed by atoms with E-state index in [1.54, 1.807) is 11.3 Å². The molecule has 0 unspecified atom stereocenters. The van der Waals surface area contributed by atoms with E-state index >= 15 is 0 Å². The standard InChI is InChI=1S/C12H18N4S/c1-3-10-11(13)15-16-12(10)14-6-4-9-5-7-17-8(9)2/h5,7H,3-4,6H2,1-2H3,(H4,13,14,15,16). The van der Waals surface area contributed by atoms with Crippen LogP contribution in [0.25, 0.3) is 0 Å². The smallest absolute Gasteiger partial charge is 0.153 e. The van der Waals surface area contributed by atoms with Crippen molar-refractivity contribution in [2.75, 3.05) is 17.6 Å². The summed E-state index contributed by atoms with van der Waals surface area (Å²) in [6.07, 6.45) is 1.91. The van der Waals surface area contributed by atoms with E-state index in [4.69, 9.17) is 5.73 Å². The van der Waals surface area contributed by atoms with Crippen LogP contribution in [0.15, 0.2) is 11.4 Å². The highest BCUT2D eigenvalue weighted by molar-refractivity contribution is 7.10. The lowest BCUT2D eigenvalue weighted by atomic mass is 10.2. The maximum absolute atomic E-state index is 5.79. The van der Waals surface area contributed by atoms with Crippen LogP contribution in [-0.4, -0.2) is 16.7 Å². The molecule has 0 radical (unpaired) electrons. The molecule has 0 aliphatic rings. The fourth-order valence-electron chi connectivity index (χ4n) is 1.87. The zero-order chi connectivity index (χ0) is 12.3. The highest BCUT2D eigenvalue weighted by atomic mass is 32.1. The average Bonchev–Trinajstić information content (AvgIpc) is 2.86. The van der Waals surface area contributed by atoms with E-state index in [0.29, 0.717) is 5.82 Å². The monoisotopic (exact) mass is 250 g/mol. The number of H-pyrrole nitrogens is 1. The third-order valence-electron chi connectivity index (χ3n) is 2.91. The summed E-state index contributed by atoms with van der Waals surface area (Å²) in [5, 5.41) is 12.4. The predicted molar refractivity (Wildman–Crippen MR) is 73.6 cm³/mol. The normalized spacial score (nSPS) is 10.7. The molecule has 2 rings (SSSR count). The summed E-state index contributed by atoms with van der Waals surface area (Å²) < 4.78 is 0. The summed E-state index contributed by atoms with van der Waals surface area (Å²) in [5.41, 5.74) is 8.27. The van der Waals surface area contributed by atoms with Gasteiger partial charge in [0.05, 0.1) is 0 Å². The van der Waals surface area contributed by atoms with Gasteiger partial charge in [-0.1, -0.05) is 6.92 Å². The Morgan fingerprint density at radius 1 is 1.53 bits per heavy atom. The van der Waals surface area contributed by atoms with Crippen molar-refractivity contribution in [1.82, 2.24) is 10.2 Å². The molecule has 0 aromatic carbocycles. The number of aromatic nitrogens is 2. The van der Waals surface area contributed by atoms with Gasteiger partial charge < -0.3 is 11.1 Å². The van der Waals surface area contributed by atoms with Crippen LogP contribution >= 0.6 is 11.3 Å². The molecule has 0 amide bonds. The molecule has 0 saturated heterocycles. The summed E-state index contributed by atoms with van der Waals surface area (Å²) in [6, 6.07) is 2.18. The van der Waals surface area contributed by atoms with Gasteiger partial charge in [-0.2, -0.15) is 5.10 Å². The van der Waals surface area contributed by atoms with Gasteiger partial charge >= 0.3 is 0 Å². The molecule has 0 aliphatic heterocycles. The number of hydrogen-bond acceptors (Lipinski definition) is 4. The molecule has 5 heteroatoms. The van der Waals surface area contributed by atoms with Crippen molar-refractivity contribution >= 4 is 23.0 Å². The molecule has 2 aromatic heterocycles. The number of rotatable bonds is 5. The second-order valence-electron chi connectivity index (χ2n) is 4.00. The Labute approximate surface area is 105 Å². The van der Waals surface area contributed by atoms with Gasteiger partial charge in [0.1, 0.15) is 5.82 Å². The Kier molecular flexibility index (Phi) is 3.68. The summed E-state index contributed by atoms with van der Waals surface area (Å²) in [6.45, 7) is 5.12. The van der Waals surface area contributed by atoms with Crippen molar-refractivity contribution in [2.45, 2.75) is 26.7 Å². The fourth-order valence-corrected chi connectivity index (χ4v) is 2.63. The van der Waals surface area contributed by atoms with E-state index in [1.807, 2.05) is 0 Å². The van der Waals surface area contributed by atoms with Crippen LogP contribution in [0.2, 0.25) is 0 Å². The summed E-state index contributed by atoms with van der Waals surface area (Å²) in [4.78, 5) is 1.39. The van der Waals surface area contributed by atoms with Crippen LogP contribution in [0.3, 0.4) is 0 Å². The maximum atomic E-state index is 5.79. The average molecular weight is 250 g/mol. The topological polar surface area (TPSA) is 66.7 Å². The minimum atomic E-state index is 0.668. The lowest BCUT2D eigenvalue weighted by Gasteiger charge is -2.05. The van der Waals surface area contributed by atoms with Gasteiger partial charge in [-0.15, -0.1) is 11.3 Å². The molecule has 0 bridgehead atoms. The lowest BCUT2D eigenvalue weighted by molar-refractivity contribution is 0.985. The lowest BCUT2D eigenvalue weighted by Crippen LogP contribution is -2.07. The quantitative estimate of drug-likeness (QED) is 0.764. The second-order valence-corrected chi connectivity index (χ2v) is 5.12. The maximum Gasteiger partial charge on any atom is 0.153 e. The summed E-state index contributed by atoms with van der Waals surface area (Å²) in [5.74, 6) is 1.56. The minimum absolute atomic E-state index is 0.668. The van der Waals surface area contributed by atoms with Gasteiger partial charge in [-0.25, -0.2) is 0 Å². The predicted octanol–water partition coefficient (Wildman–Crippen LogP) is 2.58. The number of nitrogens with one attached hydrogen (secondary N) is 2. The van der Waals surface area contributed by atoms with Gasteiger partial charge in [0.15, 0.2) is 5.82 Å². The number of nitrogen functional groups attached to an aromatic ring is 1. The summed E-state index contributed by atoms with van der Waals surface area (Å²) in [7, 11) is 0. The first-order chi connectivity index (χ1) is 8.22. The zero-order valence-corrected chi connectivity index (χ0v) is 11.0. The number of anilines is 2. The van der Waals surface area contributed by atoms with Crippen molar-refractivity contribution in [1.29, 1.82) is 0 Å². The van der Waals surface area contributed by atoms with Crippen molar-refractivity contribution in [3.05, 3.63) is 27.5 Å². The van der Waals surface area contributed by atoms with Crippen molar-refractivity contribution < 1.29 is 0 Å². The van der Waals surface area contributed by atoms with E-state index in [0.717, 1.165) is 30.8 Å². The highest BCUT2D eigenvalue weighted by Gasteiger charge is 2.08. The number of thiophene rings is 1. The number of hydrogen-bond donors (Lipinski definition) is 3. The SMILES string of the molecule is CCc1c(NCCc2ccsc2C)n[nH]c1N. The van der Waals surface area contributed by atoms with Gasteiger partial charge in [-0.3, -0.25) is 5.10 Å². The zero-order valence-electron chi connectivity index (χ0n) is 10.2. The fraction of sp³-hybridized carbons (Fsp3) is 0.417. The molecule has 0 fully saturated rings. The van der Waals surface area contributed by atoms with Gasteiger partial charge in [0, 0.05) is 17.0 Å². The van der Waals surface area contributed by atoms with Gasteiger partial charge in [0.25, 0.3) is 0 Å². The Hall–Kier alpha value is -1.49. The Morgan fingerprint density at radius 2 is 2.35 bits per heavy atom. The van der Waals surface area contributed by atoms with Crippen LogP contribution in [0.1, 0.15) is 22.9 Å². The molecule has 92 valence electrons. The van der Waals surface area contributed by atoms with Crippen LogP contribution in [0, 0.1) is 6.92 Å². The van der Waals surface area contributed by atoms with Crippen LogP contribution < -0.4 is 11.1 Å². The molecule has 0 saturated carbocycles. The molecule has 0 atom stereocenters. The molecular weight excluding hydrogens is 232 g/mol. The number of aromatic amines is 1. The van der Waals surface area contributed by atoms with E-state index in [2.05, 4.69) is 40.8 Å². The highest BCUT2D eigenvalue weighted by Crippen LogP contribution is 2.19. The van der Waals surface area contributed by atoms with E-state index in [1.165, 1.54) is 10.4 Å². The third kappa shape index (κ3) is 2.61. The van der Waals surface area contributed by atoms with Crippen LogP contribution in [0.5, 0.6) is 0 Å². The third-order valence-corrected chi connectivity index (χ3v) is 3.79.